The highest BCUT2D eigenvalue weighted by atomic mass is 32.1. The summed E-state index contributed by atoms with van der Waals surface area (Å²) in [5.74, 6) is 1.80. The second kappa shape index (κ2) is 7.06. The molecule has 1 unspecified atom stereocenters. The fourth-order valence-corrected chi connectivity index (χ4v) is 3.62. The molecular weight excluding hydrogens is 306 g/mol. The maximum absolute atomic E-state index is 9.51. The molecule has 0 aliphatic heterocycles. The lowest BCUT2D eigenvalue weighted by molar-refractivity contribution is 0.274. The van der Waals surface area contributed by atoms with Crippen LogP contribution in [-0.4, -0.2) is 28.7 Å². The van der Waals surface area contributed by atoms with Crippen molar-refractivity contribution < 1.29 is 5.11 Å². The summed E-state index contributed by atoms with van der Waals surface area (Å²) < 4.78 is 0. The lowest BCUT2D eigenvalue weighted by Gasteiger charge is -2.30. The van der Waals surface area contributed by atoms with Gasteiger partial charge in [0.2, 0.25) is 0 Å². The van der Waals surface area contributed by atoms with Crippen molar-refractivity contribution >= 4 is 27.4 Å². The summed E-state index contributed by atoms with van der Waals surface area (Å²) in [5.41, 5.74) is 1.18. The quantitative estimate of drug-likeness (QED) is 0.748. The number of rotatable bonds is 6. The maximum atomic E-state index is 9.51. The number of hydrogen-bond acceptors (Lipinski definition) is 5. The highest BCUT2D eigenvalue weighted by molar-refractivity contribution is 7.16. The van der Waals surface area contributed by atoms with E-state index in [4.69, 9.17) is 4.98 Å². The summed E-state index contributed by atoms with van der Waals surface area (Å²) in [6.07, 6.45) is 1.47. The van der Waals surface area contributed by atoms with Gasteiger partial charge in [0.15, 0.2) is 0 Å². The van der Waals surface area contributed by atoms with Crippen LogP contribution in [0.15, 0.2) is 41.8 Å². The lowest BCUT2D eigenvalue weighted by atomic mass is 10.0. The summed E-state index contributed by atoms with van der Waals surface area (Å²) in [7, 11) is 2.05. The molecule has 1 atom stereocenters. The predicted octanol–water partition coefficient (Wildman–Crippen LogP) is 3.81. The highest BCUT2D eigenvalue weighted by Crippen LogP contribution is 2.33. The Kier molecular flexibility index (Phi) is 4.88. The summed E-state index contributed by atoms with van der Waals surface area (Å²) in [4.78, 5) is 12.6. The van der Waals surface area contributed by atoms with Crippen LogP contribution >= 0.6 is 11.3 Å². The summed E-state index contributed by atoms with van der Waals surface area (Å²) in [5, 5.41) is 12.6. The summed E-state index contributed by atoms with van der Waals surface area (Å²) in [6.45, 7) is 2.21. The minimum atomic E-state index is 0.0870. The number of fused-ring (bicyclic) bond motifs is 1. The van der Waals surface area contributed by atoms with Crippen molar-refractivity contribution in [2.45, 2.75) is 25.8 Å². The Hall–Kier alpha value is -1.98. The Bertz CT molecular complexity index is 772. The molecule has 3 rings (SSSR count). The zero-order chi connectivity index (χ0) is 16.2. The second-order valence-electron chi connectivity index (χ2n) is 5.51. The van der Waals surface area contributed by atoms with Crippen LogP contribution in [-0.2, 0) is 6.42 Å². The van der Waals surface area contributed by atoms with E-state index in [0.717, 1.165) is 28.3 Å². The highest BCUT2D eigenvalue weighted by Gasteiger charge is 2.21. The Morgan fingerprint density at radius 2 is 1.96 bits per heavy atom. The molecule has 1 N–H and O–H groups in total. The minimum absolute atomic E-state index is 0.0870. The van der Waals surface area contributed by atoms with E-state index in [9.17, 15) is 5.11 Å². The largest absolute Gasteiger partial charge is 0.396 e. The average Bonchev–Trinajstić information content (AvgIpc) is 3.07. The molecule has 1 aromatic carbocycles. The van der Waals surface area contributed by atoms with Gasteiger partial charge in [-0.05, 0) is 23.4 Å². The molecule has 0 aliphatic carbocycles. The third kappa shape index (κ3) is 3.21. The van der Waals surface area contributed by atoms with Gasteiger partial charge < -0.3 is 10.0 Å². The fraction of sp³-hybridized carbons (Fsp3) is 0.333. The first-order chi connectivity index (χ1) is 11.2. The lowest BCUT2D eigenvalue weighted by Crippen LogP contribution is -2.26. The Labute approximate surface area is 140 Å². The number of nitrogens with zero attached hydrogens (tertiary/aromatic N) is 3. The van der Waals surface area contributed by atoms with Crippen molar-refractivity contribution in [3.8, 4) is 0 Å². The molecule has 120 valence electrons. The first kappa shape index (κ1) is 15.9. The number of hydrogen-bond donors (Lipinski definition) is 1. The zero-order valence-corrected chi connectivity index (χ0v) is 14.3. The van der Waals surface area contributed by atoms with Crippen LogP contribution in [0.2, 0.25) is 0 Å². The minimum Gasteiger partial charge on any atom is -0.396 e. The van der Waals surface area contributed by atoms with Crippen molar-refractivity contribution in [1.29, 1.82) is 0 Å². The molecule has 0 saturated carbocycles. The number of aromatic nitrogens is 2. The standard InChI is InChI=1S/C18H21N3OS/c1-3-16-19-17(14-10-12-23-18(14)20-16)21(2)15(9-11-22)13-7-5-4-6-8-13/h4-8,10,12,15,22H,3,9,11H2,1-2H3. The van der Waals surface area contributed by atoms with Crippen molar-refractivity contribution in [2.75, 3.05) is 18.6 Å². The topological polar surface area (TPSA) is 49.2 Å². The normalized spacial score (nSPS) is 12.5. The van der Waals surface area contributed by atoms with Gasteiger partial charge in [-0.15, -0.1) is 11.3 Å². The van der Waals surface area contributed by atoms with E-state index in [1.54, 1.807) is 11.3 Å². The Balaban J connectivity index is 2.06. The molecule has 0 bridgehead atoms. The van der Waals surface area contributed by atoms with Crippen LogP contribution in [0.1, 0.15) is 30.8 Å². The molecule has 0 amide bonds. The molecule has 0 spiro atoms. The molecule has 0 fully saturated rings. The van der Waals surface area contributed by atoms with E-state index in [-0.39, 0.29) is 12.6 Å². The molecule has 0 aliphatic rings. The van der Waals surface area contributed by atoms with Gasteiger partial charge in [0.1, 0.15) is 16.5 Å². The van der Waals surface area contributed by atoms with Crippen LogP contribution in [0.5, 0.6) is 0 Å². The maximum Gasteiger partial charge on any atom is 0.141 e. The monoisotopic (exact) mass is 327 g/mol. The van der Waals surface area contributed by atoms with E-state index < -0.39 is 0 Å². The van der Waals surface area contributed by atoms with E-state index in [2.05, 4.69) is 40.4 Å². The molecule has 0 radical (unpaired) electrons. The van der Waals surface area contributed by atoms with Crippen LogP contribution in [0.4, 0.5) is 5.82 Å². The van der Waals surface area contributed by atoms with Gasteiger partial charge in [-0.25, -0.2) is 9.97 Å². The number of benzene rings is 1. The molecule has 2 heterocycles. The van der Waals surface area contributed by atoms with Crippen molar-refractivity contribution in [3.63, 3.8) is 0 Å². The van der Waals surface area contributed by atoms with Crippen LogP contribution < -0.4 is 4.90 Å². The predicted molar refractivity (Wildman–Crippen MR) is 96.1 cm³/mol. The van der Waals surface area contributed by atoms with Crippen molar-refractivity contribution in [2.24, 2.45) is 0 Å². The van der Waals surface area contributed by atoms with Crippen LogP contribution in [0.3, 0.4) is 0 Å². The fourth-order valence-electron chi connectivity index (χ4n) is 2.84. The Morgan fingerprint density at radius 1 is 1.17 bits per heavy atom. The van der Waals surface area contributed by atoms with E-state index in [1.165, 1.54) is 5.56 Å². The third-order valence-electron chi connectivity index (χ3n) is 4.06. The number of aliphatic hydroxyl groups is 1. The molecule has 23 heavy (non-hydrogen) atoms. The molecule has 4 nitrogen and oxygen atoms in total. The molecule has 3 aromatic rings. The number of thiophene rings is 1. The first-order valence-corrected chi connectivity index (χ1v) is 8.75. The summed E-state index contributed by atoms with van der Waals surface area (Å²) in [6, 6.07) is 12.4. The van der Waals surface area contributed by atoms with Gasteiger partial charge >= 0.3 is 0 Å². The molecule has 5 heteroatoms. The van der Waals surface area contributed by atoms with Gasteiger partial charge in [-0.1, -0.05) is 37.3 Å². The van der Waals surface area contributed by atoms with E-state index >= 15 is 0 Å². The SMILES string of the molecule is CCc1nc(N(C)C(CCO)c2ccccc2)c2ccsc2n1. The zero-order valence-electron chi connectivity index (χ0n) is 13.4. The third-order valence-corrected chi connectivity index (χ3v) is 4.86. The van der Waals surface area contributed by atoms with Gasteiger partial charge in [-0.2, -0.15) is 0 Å². The molecule has 0 saturated heterocycles. The van der Waals surface area contributed by atoms with Gasteiger partial charge in [0.05, 0.1) is 11.4 Å². The first-order valence-electron chi connectivity index (χ1n) is 7.87. The van der Waals surface area contributed by atoms with Crippen LogP contribution in [0.25, 0.3) is 10.2 Å². The van der Waals surface area contributed by atoms with Gasteiger partial charge in [-0.3, -0.25) is 0 Å². The van der Waals surface area contributed by atoms with Crippen molar-refractivity contribution in [3.05, 3.63) is 53.2 Å². The van der Waals surface area contributed by atoms with Crippen LogP contribution in [0, 0.1) is 0 Å². The molecular formula is C18H21N3OS. The number of aliphatic hydroxyl groups excluding tert-OH is 1. The number of anilines is 1. The van der Waals surface area contributed by atoms with E-state index in [1.807, 2.05) is 25.2 Å². The van der Waals surface area contributed by atoms with E-state index in [0.29, 0.717) is 6.42 Å². The smallest absolute Gasteiger partial charge is 0.141 e. The average molecular weight is 327 g/mol. The number of aryl methyl sites for hydroxylation is 1. The summed E-state index contributed by atoms with van der Waals surface area (Å²) >= 11 is 1.64. The van der Waals surface area contributed by atoms with Crippen molar-refractivity contribution in [1.82, 2.24) is 9.97 Å². The molecule has 2 aromatic heterocycles. The Morgan fingerprint density at radius 3 is 2.65 bits per heavy atom. The van der Waals surface area contributed by atoms with Gasteiger partial charge in [0.25, 0.3) is 0 Å². The van der Waals surface area contributed by atoms with Gasteiger partial charge in [0, 0.05) is 20.1 Å². The second-order valence-corrected chi connectivity index (χ2v) is 6.40.